The number of hydrogen-bond acceptors (Lipinski definition) is 4. The van der Waals surface area contributed by atoms with Crippen LogP contribution >= 0.6 is 0 Å². The predicted octanol–water partition coefficient (Wildman–Crippen LogP) is 5.35. The van der Waals surface area contributed by atoms with E-state index in [1.165, 1.54) is 28.1 Å². The fourth-order valence-corrected chi connectivity index (χ4v) is 5.07. The van der Waals surface area contributed by atoms with Gasteiger partial charge in [0.25, 0.3) is 0 Å². The number of benzene rings is 2. The molecule has 0 saturated heterocycles. The SMILES string of the molecule is CN(C)c1ccc(C=C2CCCC3C2=NN(C(=O)C2CC2)C3c2ccc(N(C)C)cc2)cc1. The number of anilines is 2. The van der Waals surface area contributed by atoms with Gasteiger partial charge in [0.05, 0.1) is 11.8 Å². The highest BCUT2D eigenvalue weighted by Gasteiger charge is 2.46. The van der Waals surface area contributed by atoms with Gasteiger partial charge in [0.1, 0.15) is 0 Å². The molecule has 1 heterocycles. The van der Waals surface area contributed by atoms with Gasteiger partial charge >= 0.3 is 0 Å². The molecule has 2 atom stereocenters. The number of rotatable bonds is 5. The lowest BCUT2D eigenvalue weighted by Crippen LogP contribution is -2.32. The average Bonchev–Trinajstić information content (AvgIpc) is 3.59. The number of allylic oxidation sites excluding steroid dienone is 1. The van der Waals surface area contributed by atoms with E-state index < -0.39 is 0 Å². The highest BCUT2D eigenvalue weighted by atomic mass is 16.2. The van der Waals surface area contributed by atoms with Crippen molar-refractivity contribution < 1.29 is 4.79 Å². The Labute approximate surface area is 197 Å². The summed E-state index contributed by atoms with van der Waals surface area (Å²) >= 11 is 0. The van der Waals surface area contributed by atoms with Crippen molar-refractivity contribution in [3.05, 3.63) is 65.2 Å². The van der Waals surface area contributed by atoms with Crippen molar-refractivity contribution in [2.75, 3.05) is 38.0 Å². The lowest BCUT2D eigenvalue weighted by molar-refractivity contribution is -0.135. The van der Waals surface area contributed by atoms with E-state index in [2.05, 4.69) is 92.6 Å². The summed E-state index contributed by atoms with van der Waals surface area (Å²) < 4.78 is 0. The number of nitrogens with zero attached hydrogens (tertiary/aromatic N) is 4. The number of fused-ring (bicyclic) bond motifs is 1. The van der Waals surface area contributed by atoms with Crippen LogP contribution in [0.4, 0.5) is 11.4 Å². The first-order valence-corrected chi connectivity index (χ1v) is 12.1. The lowest BCUT2D eigenvalue weighted by atomic mass is 9.77. The second-order valence-electron chi connectivity index (χ2n) is 10.0. The van der Waals surface area contributed by atoms with E-state index in [-0.39, 0.29) is 23.8 Å². The van der Waals surface area contributed by atoms with Crippen LogP contribution in [0.15, 0.2) is 59.2 Å². The van der Waals surface area contributed by atoms with Gasteiger partial charge in [0, 0.05) is 51.4 Å². The van der Waals surface area contributed by atoms with Gasteiger partial charge in [-0.15, -0.1) is 0 Å². The maximum absolute atomic E-state index is 13.3. The van der Waals surface area contributed by atoms with E-state index in [1.807, 2.05) is 5.01 Å². The summed E-state index contributed by atoms with van der Waals surface area (Å²) in [5.41, 5.74) is 7.15. The smallest absolute Gasteiger partial charge is 0.246 e. The zero-order valence-electron chi connectivity index (χ0n) is 20.2. The molecule has 172 valence electrons. The Bertz CT molecular complexity index is 1080. The maximum Gasteiger partial charge on any atom is 0.246 e. The molecule has 0 N–H and O–H groups in total. The molecule has 5 rings (SSSR count). The van der Waals surface area contributed by atoms with Crippen LogP contribution in [-0.2, 0) is 4.79 Å². The predicted molar refractivity (Wildman–Crippen MR) is 137 cm³/mol. The normalized spacial score (nSPS) is 23.3. The quantitative estimate of drug-likeness (QED) is 0.626. The zero-order chi connectivity index (χ0) is 23.1. The molecule has 2 saturated carbocycles. The molecule has 0 spiro atoms. The standard InChI is InChI=1S/C28H34N4O/c1-30(2)23-14-8-19(9-15-23)18-22-6-5-7-25-26(22)29-32(28(33)21-10-11-21)27(25)20-12-16-24(17-13-20)31(3)4/h8-9,12-18,21,25,27H,5-7,10-11H2,1-4H3. The van der Waals surface area contributed by atoms with Crippen LogP contribution in [-0.4, -0.2) is 44.8 Å². The van der Waals surface area contributed by atoms with Gasteiger partial charge in [-0.05, 0) is 79.1 Å². The van der Waals surface area contributed by atoms with Crippen LogP contribution in [0.25, 0.3) is 6.08 Å². The van der Waals surface area contributed by atoms with Crippen molar-refractivity contribution in [1.82, 2.24) is 5.01 Å². The minimum atomic E-state index is 0.00382. The number of carbonyl (C=O) groups is 1. The summed E-state index contributed by atoms with van der Waals surface area (Å²) in [5.74, 6) is 0.622. The second-order valence-corrected chi connectivity index (χ2v) is 10.0. The van der Waals surface area contributed by atoms with E-state index in [0.717, 1.165) is 37.8 Å². The van der Waals surface area contributed by atoms with Crippen molar-refractivity contribution in [2.24, 2.45) is 16.9 Å². The van der Waals surface area contributed by atoms with Crippen LogP contribution in [0, 0.1) is 11.8 Å². The summed E-state index contributed by atoms with van der Waals surface area (Å²) in [6.07, 6.45) is 7.49. The third-order valence-electron chi connectivity index (χ3n) is 7.16. The van der Waals surface area contributed by atoms with E-state index in [4.69, 9.17) is 5.10 Å². The molecular formula is C28H34N4O. The Morgan fingerprint density at radius 2 is 1.52 bits per heavy atom. The van der Waals surface area contributed by atoms with Crippen LogP contribution in [0.2, 0.25) is 0 Å². The van der Waals surface area contributed by atoms with Gasteiger partial charge in [0.15, 0.2) is 0 Å². The monoisotopic (exact) mass is 442 g/mol. The van der Waals surface area contributed by atoms with Crippen LogP contribution in [0.5, 0.6) is 0 Å². The molecule has 5 nitrogen and oxygen atoms in total. The van der Waals surface area contributed by atoms with Gasteiger partial charge in [-0.1, -0.05) is 24.3 Å². The Kier molecular flexibility index (Phi) is 5.73. The molecule has 2 aliphatic carbocycles. The molecule has 0 aromatic heterocycles. The lowest BCUT2D eigenvalue weighted by Gasteiger charge is -2.30. The van der Waals surface area contributed by atoms with Crippen LogP contribution in [0.1, 0.15) is 49.3 Å². The van der Waals surface area contributed by atoms with Gasteiger partial charge in [0.2, 0.25) is 5.91 Å². The molecular weight excluding hydrogens is 408 g/mol. The average molecular weight is 443 g/mol. The van der Waals surface area contributed by atoms with Crippen molar-refractivity contribution in [1.29, 1.82) is 0 Å². The first kappa shape index (κ1) is 21.7. The molecule has 3 aliphatic rings. The van der Waals surface area contributed by atoms with Gasteiger partial charge in [-0.25, -0.2) is 5.01 Å². The second kappa shape index (κ2) is 8.69. The van der Waals surface area contributed by atoms with Crippen molar-refractivity contribution >= 4 is 29.1 Å². The highest BCUT2D eigenvalue weighted by molar-refractivity contribution is 6.08. The summed E-state index contributed by atoms with van der Waals surface area (Å²) in [6, 6.07) is 17.3. The van der Waals surface area contributed by atoms with Gasteiger partial charge < -0.3 is 9.80 Å². The van der Waals surface area contributed by atoms with Crippen molar-refractivity contribution in [3.63, 3.8) is 0 Å². The van der Waals surface area contributed by atoms with E-state index in [1.54, 1.807) is 0 Å². The third-order valence-corrected chi connectivity index (χ3v) is 7.16. The maximum atomic E-state index is 13.3. The number of hydrogen-bond donors (Lipinski definition) is 0. The Morgan fingerprint density at radius 3 is 2.09 bits per heavy atom. The molecule has 0 bridgehead atoms. The first-order chi connectivity index (χ1) is 15.9. The van der Waals surface area contributed by atoms with Gasteiger partial charge in [-0.2, -0.15) is 5.10 Å². The summed E-state index contributed by atoms with van der Waals surface area (Å²) in [4.78, 5) is 17.5. The molecule has 2 aromatic carbocycles. The van der Waals surface area contributed by atoms with Gasteiger partial charge in [-0.3, -0.25) is 4.79 Å². The number of carbonyl (C=O) groups excluding carboxylic acids is 1. The Balaban J connectivity index is 1.49. The fourth-order valence-electron chi connectivity index (χ4n) is 5.07. The van der Waals surface area contributed by atoms with Crippen LogP contribution < -0.4 is 9.80 Å². The van der Waals surface area contributed by atoms with Crippen molar-refractivity contribution in [3.8, 4) is 0 Å². The minimum Gasteiger partial charge on any atom is -0.378 e. The van der Waals surface area contributed by atoms with E-state index in [9.17, 15) is 4.79 Å². The van der Waals surface area contributed by atoms with E-state index >= 15 is 0 Å². The highest BCUT2D eigenvalue weighted by Crippen LogP contribution is 2.46. The molecule has 2 fully saturated rings. The largest absolute Gasteiger partial charge is 0.378 e. The Morgan fingerprint density at radius 1 is 0.909 bits per heavy atom. The molecule has 5 heteroatoms. The molecule has 1 aliphatic heterocycles. The summed E-state index contributed by atoms with van der Waals surface area (Å²) in [6.45, 7) is 0. The zero-order valence-corrected chi connectivity index (χ0v) is 20.2. The van der Waals surface area contributed by atoms with E-state index in [0.29, 0.717) is 0 Å². The number of amides is 1. The third kappa shape index (κ3) is 4.29. The minimum absolute atomic E-state index is 0.00382. The van der Waals surface area contributed by atoms with Crippen LogP contribution in [0.3, 0.4) is 0 Å². The Hall–Kier alpha value is -3.08. The molecule has 0 radical (unpaired) electrons. The topological polar surface area (TPSA) is 39.1 Å². The number of hydrazone groups is 1. The molecule has 1 amide bonds. The van der Waals surface area contributed by atoms with Crippen molar-refractivity contribution in [2.45, 2.75) is 38.1 Å². The first-order valence-electron chi connectivity index (χ1n) is 12.1. The molecule has 2 unspecified atom stereocenters. The summed E-state index contributed by atoms with van der Waals surface area (Å²) in [5, 5.41) is 6.87. The molecule has 2 aromatic rings. The fraction of sp³-hybridized carbons (Fsp3) is 0.429. The summed E-state index contributed by atoms with van der Waals surface area (Å²) in [7, 11) is 8.22. The molecule has 33 heavy (non-hydrogen) atoms.